The molecule has 0 aliphatic rings. The molecule has 0 aliphatic carbocycles. The van der Waals surface area contributed by atoms with Crippen molar-refractivity contribution in [1.29, 1.82) is 0 Å². The lowest BCUT2D eigenvalue weighted by Gasteiger charge is -2.14. The van der Waals surface area contributed by atoms with Gasteiger partial charge < -0.3 is 14.2 Å². The van der Waals surface area contributed by atoms with Crippen molar-refractivity contribution in [2.75, 3.05) is 0 Å². The number of pyridine rings is 1. The molecule has 8 heteroatoms. The molecule has 0 aromatic carbocycles. The highest BCUT2D eigenvalue weighted by Gasteiger charge is 2.08. The number of carbonyl (C=O) groups excluding carboxylic acids is 1. The Kier molecular flexibility index (Phi) is 5.58. The first kappa shape index (κ1) is 19.3. The van der Waals surface area contributed by atoms with E-state index in [9.17, 15) is 4.79 Å². The molecule has 4 heterocycles. The summed E-state index contributed by atoms with van der Waals surface area (Å²) in [6, 6.07) is 5.93. The molecule has 1 N–H and O–H groups in total. The van der Waals surface area contributed by atoms with Crippen LogP contribution < -0.4 is 0 Å². The Morgan fingerprint density at radius 2 is 2.11 bits per heavy atom. The van der Waals surface area contributed by atoms with Crippen LogP contribution in [0.1, 0.15) is 32.2 Å². The van der Waals surface area contributed by atoms with Crippen LogP contribution in [0.3, 0.4) is 0 Å². The highest BCUT2D eigenvalue weighted by atomic mass is 16.5. The topological polar surface area (TPSA) is 98.8 Å². The van der Waals surface area contributed by atoms with Gasteiger partial charge in [-0.05, 0) is 39.8 Å². The normalized spacial score (nSPS) is 11.1. The van der Waals surface area contributed by atoms with E-state index in [0.29, 0.717) is 13.0 Å². The van der Waals surface area contributed by atoms with Gasteiger partial charge in [-0.25, -0.2) is 0 Å². The highest BCUT2D eigenvalue weighted by Crippen LogP contribution is 2.20. The molecule has 28 heavy (non-hydrogen) atoms. The summed E-state index contributed by atoms with van der Waals surface area (Å²) in [6.45, 7) is 8.38. The van der Waals surface area contributed by atoms with E-state index in [-0.39, 0.29) is 5.60 Å². The maximum absolute atomic E-state index is 9.60. The van der Waals surface area contributed by atoms with Gasteiger partial charge in [0.05, 0.1) is 18.4 Å². The van der Waals surface area contributed by atoms with Gasteiger partial charge in [0.15, 0.2) is 0 Å². The van der Waals surface area contributed by atoms with Crippen LogP contribution in [-0.4, -0.2) is 37.0 Å². The van der Waals surface area contributed by atoms with Crippen LogP contribution in [0.4, 0.5) is 0 Å². The average molecular weight is 381 g/mol. The molecule has 0 amide bonds. The lowest BCUT2D eigenvalue weighted by Crippen LogP contribution is -2.17. The van der Waals surface area contributed by atoms with Crippen molar-refractivity contribution in [2.45, 2.75) is 39.8 Å². The Bertz CT molecular complexity index is 1060. The summed E-state index contributed by atoms with van der Waals surface area (Å²) in [5, 5.41) is 9.42. The summed E-state index contributed by atoms with van der Waals surface area (Å²) in [4.78, 5) is 17.3. The first-order valence-electron chi connectivity index (χ1n) is 8.84. The number of aromatic amines is 1. The maximum atomic E-state index is 9.60. The number of aromatic nitrogens is 5. The molecule has 0 saturated heterocycles. The predicted molar refractivity (Wildman–Crippen MR) is 105 cm³/mol. The van der Waals surface area contributed by atoms with Crippen molar-refractivity contribution in [3.63, 3.8) is 0 Å². The number of nitrogens with zero attached hydrogens (tertiary/aromatic N) is 4. The minimum Gasteiger partial charge on any atom is -0.462 e. The smallest absolute Gasteiger partial charge is 0.293 e. The van der Waals surface area contributed by atoms with Gasteiger partial charge in [-0.2, -0.15) is 5.10 Å². The molecule has 0 unspecified atom stereocenters. The van der Waals surface area contributed by atoms with E-state index in [0.717, 1.165) is 33.6 Å². The number of aryl methyl sites for hydroxylation is 1. The molecule has 4 rings (SSSR count). The molecule has 0 bridgehead atoms. The van der Waals surface area contributed by atoms with Crippen molar-refractivity contribution in [3.8, 4) is 11.3 Å². The minimum absolute atomic E-state index is 0.318. The second-order valence-corrected chi connectivity index (χ2v) is 7.32. The quantitative estimate of drug-likeness (QED) is 0.541. The van der Waals surface area contributed by atoms with E-state index in [1.165, 1.54) is 0 Å². The first-order valence-corrected chi connectivity index (χ1v) is 8.84. The van der Waals surface area contributed by atoms with Gasteiger partial charge in [0.25, 0.3) is 6.47 Å². The van der Waals surface area contributed by atoms with E-state index in [1.807, 2.05) is 75.4 Å². The Hall–Kier alpha value is -3.42. The summed E-state index contributed by atoms with van der Waals surface area (Å²) in [6.07, 6.45) is 7.54. The summed E-state index contributed by atoms with van der Waals surface area (Å²) >= 11 is 0. The molecule has 4 aromatic heterocycles. The third-order valence-electron chi connectivity index (χ3n) is 3.77. The Morgan fingerprint density at radius 3 is 2.75 bits per heavy atom. The summed E-state index contributed by atoms with van der Waals surface area (Å²) < 4.78 is 11.4. The van der Waals surface area contributed by atoms with Crippen molar-refractivity contribution in [1.82, 2.24) is 24.9 Å². The predicted octanol–water partition coefficient (Wildman–Crippen LogP) is 3.73. The van der Waals surface area contributed by atoms with E-state index < -0.39 is 0 Å². The van der Waals surface area contributed by atoms with Crippen LogP contribution in [0.5, 0.6) is 0 Å². The molecule has 0 aliphatic heterocycles. The van der Waals surface area contributed by atoms with Crippen molar-refractivity contribution >= 4 is 17.4 Å². The molecule has 0 spiro atoms. The van der Waals surface area contributed by atoms with Crippen molar-refractivity contribution in [3.05, 3.63) is 54.4 Å². The number of ether oxygens (including phenoxy) is 1. The molecular formula is C20H23N5O3. The van der Waals surface area contributed by atoms with Gasteiger partial charge in [0.1, 0.15) is 17.1 Å². The lowest BCUT2D eigenvalue weighted by atomic mass is 10.2. The largest absolute Gasteiger partial charge is 0.462 e. The Balaban J connectivity index is 0.000000279. The second-order valence-electron chi connectivity index (χ2n) is 7.32. The average Bonchev–Trinajstić information content (AvgIpc) is 3.35. The highest BCUT2D eigenvalue weighted by molar-refractivity contribution is 5.82. The molecule has 0 atom stereocenters. The van der Waals surface area contributed by atoms with E-state index in [1.54, 1.807) is 0 Å². The summed E-state index contributed by atoms with van der Waals surface area (Å²) in [5.41, 5.74) is 3.48. The number of nitrogens with one attached hydrogen (secondary N) is 1. The van der Waals surface area contributed by atoms with Crippen LogP contribution in [0.15, 0.2) is 47.5 Å². The molecule has 8 nitrogen and oxygen atoms in total. The fourth-order valence-corrected chi connectivity index (χ4v) is 2.49. The molecule has 146 valence electrons. The SMILES string of the molecule is CC(C)(C)OC=O.Cc1cc(Cn2cc(-c3cc4[nH]ccc4cn3)cn2)no1. The zero-order valence-electron chi connectivity index (χ0n) is 16.3. The van der Waals surface area contributed by atoms with Crippen LogP contribution in [-0.2, 0) is 16.1 Å². The number of carbonyl (C=O) groups is 1. The molecule has 0 fully saturated rings. The van der Waals surface area contributed by atoms with Crippen LogP contribution in [0, 0.1) is 6.92 Å². The number of rotatable bonds is 4. The molecular weight excluding hydrogens is 358 g/mol. The molecule has 4 aromatic rings. The Labute approximate surface area is 162 Å². The second kappa shape index (κ2) is 8.08. The van der Waals surface area contributed by atoms with Gasteiger partial charge in [0.2, 0.25) is 0 Å². The monoisotopic (exact) mass is 381 g/mol. The van der Waals surface area contributed by atoms with Gasteiger partial charge in [0, 0.05) is 41.1 Å². The van der Waals surface area contributed by atoms with Gasteiger partial charge in [-0.1, -0.05) is 5.16 Å². The fourth-order valence-electron chi connectivity index (χ4n) is 2.49. The third kappa shape index (κ3) is 5.06. The zero-order chi connectivity index (χ0) is 20.1. The van der Waals surface area contributed by atoms with Crippen LogP contribution >= 0.6 is 0 Å². The van der Waals surface area contributed by atoms with Crippen LogP contribution in [0.2, 0.25) is 0 Å². The first-order chi connectivity index (χ1) is 13.3. The lowest BCUT2D eigenvalue weighted by molar-refractivity contribution is -0.138. The Morgan fingerprint density at radius 1 is 1.29 bits per heavy atom. The minimum atomic E-state index is -0.318. The molecule has 0 radical (unpaired) electrons. The van der Waals surface area contributed by atoms with Gasteiger partial charge >= 0.3 is 0 Å². The standard InChI is InChI=1S/C15H13N5O.C5H10O2/c1-10-4-13(19-21-10)9-20-8-12(7-18-20)15-5-14-11(6-17-15)2-3-16-14;1-5(2,3)7-4-6/h2-8,16H,9H2,1H3;4H,1-3H3. The van der Waals surface area contributed by atoms with Gasteiger partial charge in [-0.15, -0.1) is 0 Å². The van der Waals surface area contributed by atoms with E-state index >= 15 is 0 Å². The van der Waals surface area contributed by atoms with E-state index in [4.69, 9.17) is 4.52 Å². The van der Waals surface area contributed by atoms with Crippen LogP contribution in [0.25, 0.3) is 22.2 Å². The molecule has 0 saturated carbocycles. The third-order valence-corrected chi connectivity index (χ3v) is 3.77. The van der Waals surface area contributed by atoms with E-state index in [2.05, 4.69) is 25.0 Å². The number of hydrogen-bond acceptors (Lipinski definition) is 6. The zero-order valence-corrected chi connectivity index (χ0v) is 16.3. The summed E-state index contributed by atoms with van der Waals surface area (Å²) in [5.74, 6) is 0.802. The fraction of sp³-hybridized carbons (Fsp3) is 0.300. The number of H-pyrrole nitrogens is 1. The number of fused-ring (bicyclic) bond motifs is 1. The number of hydrogen-bond donors (Lipinski definition) is 1. The van der Waals surface area contributed by atoms with Crippen molar-refractivity contribution < 1.29 is 14.1 Å². The van der Waals surface area contributed by atoms with Crippen molar-refractivity contribution in [2.24, 2.45) is 0 Å². The summed E-state index contributed by atoms with van der Waals surface area (Å²) in [7, 11) is 0. The van der Waals surface area contributed by atoms with Gasteiger partial charge in [-0.3, -0.25) is 14.5 Å². The maximum Gasteiger partial charge on any atom is 0.293 e.